The fourth-order valence-electron chi connectivity index (χ4n) is 5.40. The lowest BCUT2D eigenvalue weighted by Crippen LogP contribution is -2.57. The first-order chi connectivity index (χ1) is 24.1. The van der Waals surface area contributed by atoms with Crippen LogP contribution in [0.15, 0.2) is 53.9 Å². The van der Waals surface area contributed by atoms with Gasteiger partial charge in [-0.1, -0.05) is 61.8 Å². The summed E-state index contributed by atoms with van der Waals surface area (Å²) in [6.45, 7) is 7.98. The highest BCUT2D eigenvalue weighted by Crippen LogP contribution is 2.23. The maximum absolute atomic E-state index is 13.8. The standard InChI is InChI=1S/C36H44ClN7O6S/c1-20(2)30-33(48)39-23(5)35(49)43(6)14-15-44(36(50)25-13-12-21(3)26(37)17-25)18-29(45)40-27(16-24-10-8-7-9-11-24)34-41-28(19-51-34)32(47)38-22(4)31(46)42-30/h7-13,17,19-20,22-23,27,30H,14-16,18H2,1-6H3,(H,38,47)(H,39,48)(H,40,45)(H,42,46)/t22-,23+,27-,30-/m0/s1. The Morgan fingerprint density at radius 3 is 2.31 bits per heavy atom. The minimum Gasteiger partial charge on any atom is -0.345 e. The van der Waals surface area contributed by atoms with Gasteiger partial charge in [0, 0.05) is 36.1 Å². The van der Waals surface area contributed by atoms with Crippen LogP contribution in [0, 0.1) is 12.8 Å². The lowest BCUT2D eigenvalue weighted by molar-refractivity contribution is -0.136. The average molecular weight is 738 g/mol. The number of hydrogen-bond donors (Lipinski definition) is 4. The normalized spacial score (nSPS) is 21.7. The molecule has 4 rings (SSSR count). The molecule has 2 bridgehead atoms. The van der Waals surface area contributed by atoms with E-state index in [1.807, 2.05) is 37.3 Å². The van der Waals surface area contributed by atoms with Crippen LogP contribution in [0.2, 0.25) is 5.02 Å². The van der Waals surface area contributed by atoms with Crippen LogP contribution in [0.1, 0.15) is 70.7 Å². The molecule has 0 saturated carbocycles. The molecule has 0 unspecified atom stereocenters. The molecule has 0 saturated heterocycles. The van der Waals surface area contributed by atoms with E-state index in [9.17, 15) is 28.8 Å². The van der Waals surface area contributed by atoms with Gasteiger partial charge in [0.25, 0.3) is 11.8 Å². The topological polar surface area (TPSA) is 170 Å². The lowest BCUT2D eigenvalue weighted by Gasteiger charge is -2.29. The van der Waals surface area contributed by atoms with Crippen LogP contribution >= 0.6 is 22.9 Å². The molecule has 4 atom stereocenters. The maximum atomic E-state index is 13.8. The highest BCUT2D eigenvalue weighted by molar-refractivity contribution is 7.09. The Morgan fingerprint density at radius 2 is 1.65 bits per heavy atom. The number of thiazole rings is 1. The fraction of sp³-hybridized carbons (Fsp3) is 0.417. The molecule has 2 aromatic carbocycles. The van der Waals surface area contributed by atoms with Crippen molar-refractivity contribution in [2.75, 3.05) is 26.7 Å². The van der Waals surface area contributed by atoms with Gasteiger partial charge in [-0.3, -0.25) is 28.8 Å². The van der Waals surface area contributed by atoms with E-state index in [0.29, 0.717) is 16.5 Å². The van der Waals surface area contributed by atoms with E-state index in [4.69, 9.17) is 11.6 Å². The van der Waals surface area contributed by atoms with Crippen molar-refractivity contribution in [2.45, 2.75) is 65.2 Å². The van der Waals surface area contributed by atoms with Gasteiger partial charge in [0.2, 0.25) is 23.6 Å². The van der Waals surface area contributed by atoms with Crippen LogP contribution in [0.5, 0.6) is 0 Å². The molecule has 272 valence electrons. The average Bonchev–Trinajstić information content (AvgIpc) is 3.59. The van der Waals surface area contributed by atoms with Gasteiger partial charge < -0.3 is 31.1 Å². The molecule has 2 heterocycles. The number of hydrogen-bond acceptors (Lipinski definition) is 8. The summed E-state index contributed by atoms with van der Waals surface area (Å²) >= 11 is 7.51. The third kappa shape index (κ3) is 10.4. The zero-order valence-corrected chi connectivity index (χ0v) is 31.1. The molecule has 13 nitrogen and oxygen atoms in total. The Kier molecular flexibility index (Phi) is 13.3. The third-order valence-corrected chi connectivity index (χ3v) is 9.88. The summed E-state index contributed by atoms with van der Waals surface area (Å²) in [6.07, 6.45) is 0.341. The van der Waals surface area contributed by atoms with Crippen molar-refractivity contribution in [1.29, 1.82) is 0 Å². The summed E-state index contributed by atoms with van der Waals surface area (Å²) < 4.78 is 0. The van der Waals surface area contributed by atoms with Gasteiger partial charge in [-0.25, -0.2) is 4.98 Å². The minimum absolute atomic E-state index is 0.0197. The van der Waals surface area contributed by atoms with E-state index in [2.05, 4.69) is 26.3 Å². The Balaban J connectivity index is 1.70. The van der Waals surface area contributed by atoms with Gasteiger partial charge in [-0.05, 0) is 56.4 Å². The first kappa shape index (κ1) is 39.0. The number of benzene rings is 2. The summed E-state index contributed by atoms with van der Waals surface area (Å²) in [5, 5.41) is 13.3. The maximum Gasteiger partial charge on any atom is 0.271 e. The van der Waals surface area contributed by atoms with E-state index >= 15 is 0 Å². The first-order valence-electron chi connectivity index (χ1n) is 16.6. The molecule has 51 heavy (non-hydrogen) atoms. The minimum atomic E-state index is -1.03. The Hall–Kier alpha value is -4.82. The Labute approximate surface area is 306 Å². The van der Waals surface area contributed by atoms with Gasteiger partial charge in [0.1, 0.15) is 28.8 Å². The van der Waals surface area contributed by atoms with Crippen LogP contribution < -0.4 is 21.3 Å². The zero-order valence-electron chi connectivity index (χ0n) is 29.5. The van der Waals surface area contributed by atoms with Crippen LogP contribution in [-0.4, -0.2) is 95.0 Å². The first-order valence-corrected chi connectivity index (χ1v) is 17.9. The monoisotopic (exact) mass is 737 g/mol. The van der Waals surface area contributed by atoms with Crippen molar-refractivity contribution >= 4 is 58.4 Å². The second-order valence-electron chi connectivity index (χ2n) is 13.0. The second-order valence-corrected chi connectivity index (χ2v) is 14.3. The predicted octanol–water partition coefficient (Wildman–Crippen LogP) is 2.88. The molecule has 6 amide bonds. The van der Waals surface area contributed by atoms with E-state index in [1.165, 1.54) is 48.1 Å². The summed E-state index contributed by atoms with van der Waals surface area (Å²) in [5.41, 5.74) is 2.00. The van der Waals surface area contributed by atoms with E-state index in [0.717, 1.165) is 11.1 Å². The van der Waals surface area contributed by atoms with Crippen molar-refractivity contribution in [3.05, 3.63) is 86.3 Å². The Bertz CT molecular complexity index is 1770. The number of carbonyl (C=O) groups is 6. The Morgan fingerprint density at radius 1 is 0.941 bits per heavy atom. The number of fused-ring (bicyclic) bond motifs is 2. The zero-order chi connectivity index (χ0) is 37.4. The lowest BCUT2D eigenvalue weighted by atomic mass is 10.0. The summed E-state index contributed by atoms with van der Waals surface area (Å²) in [7, 11) is 1.54. The number of halogens is 1. The van der Waals surface area contributed by atoms with Gasteiger partial charge >= 0.3 is 0 Å². The highest BCUT2D eigenvalue weighted by atomic mass is 35.5. The predicted molar refractivity (Wildman–Crippen MR) is 194 cm³/mol. The molecular weight excluding hydrogens is 694 g/mol. The van der Waals surface area contributed by atoms with Gasteiger partial charge in [-0.15, -0.1) is 11.3 Å². The van der Waals surface area contributed by atoms with E-state index < -0.39 is 59.6 Å². The largest absolute Gasteiger partial charge is 0.345 e. The molecule has 3 aromatic rings. The van der Waals surface area contributed by atoms with Gasteiger partial charge in [-0.2, -0.15) is 0 Å². The molecular formula is C36H44ClN7O6S. The molecule has 0 radical (unpaired) electrons. The molecule has 0 fully saturated rings. The third-order valence-electron chi connectivity index (χ3n) is 8.51. The van der Waals surface area contributed by atoms with Gasteiger partial charge in [0.15, 0.2) is 0 Å². The number of carbonyl (C=O) groups excluding carboxylic acids is 6. The van der Waals surface area contributed by atoms with E-state index in [-0.39, 0.29) is 36.8 Å². The van der Waals surface area contributed by atoms with Gasteiger partial charge in [0.05, 0.1) is 12.6 Å². The smallest absolute Gasteiger partial charge is 0.271 e. The number of aromatic nitrogens is 1. The number of nitrogens with zero attached hydrogens (tertiary/aromatic N) is 3. The molecule has 1 aliphatic rings. The highest BCUT2D eigenvalue weighted by Gasteiger charge is 2.31. The van der Waals surface area contributed by atoms with Crippen LogP contribution in [0.3, 0.4) is 0 Å². The molecule has 4 N–H and O–H groups in total. The molecule has 0 spiro atoms. The molecule has 1 aliphatic heterocycles. The molecule has 1 aromatic heterocycles. The quantitative estimate of drug-likeness (QED) is 0.319. The number of amides is 6. The number of aryl methyl sites for hydroxylation is 1. The van der Waals surface area contributed by atoms with Crippen LogP contribution in [-0.2, 0) is 25.6 Å². The van der Waals surface area contributed by atoms with Crippen molar-refractivity contribution in [3.8, 4) is 0 Å². The van der Waals surface area contributed by atoms with Crippen molar-refractivity contribution < 1.29 is 28.8 Å². The van der Waals surface area contributed by atoms with E-state index in [1.54, 1.807) is 31.4 Å². The summed E-state index contributed by atoms with van der Waals surface area (Å²) in [5.74, 6) is -3.53. The molecule has 15 heteroatoms. The summed E-state index contributed by atoms with van der Waals surface area (Å²) in [6, 6.07) is 10.6. The number of rotatable bonds is 4. The fourth-order valence-corrected chi connectivity index (χ4v) is 6.43. The second kappa shape index (κ2) is 17.4. The van der Waals surface area contributed by atoms with Crippen molar-refractivity contribution in [1.82, 2.24) is 36.1 Å². The molecule has 0 aliphatic carbocycles. The van der Waals surface area contributed by atoms with Crippen LogP contribution in [0.25, 0.3) is 0 Å². The number of likely N-dealkylation sites (N-methyl/N-ethyl adjacent to an activating group) is 1. The SMILES string of the molecule is Cc1ccc(C(=O)N2CCN(C)C(=O)[C@@H](C)NC(=O)[C@H](C(C)C)NC(=O)[C@H](C)NC(=O)c3csc(n3)[C@H](Cc3ccccc3)NC(=O)C2)cc1Cl. The van der Waals surface area contributed by atoms with Crippen molar-refractivity contribution in [3.63, 3.8) is 0 Å². The summed E-state index contributed by atoms with van der Waals surface area (Å²) in [4.78, 5) is 87.8. The number of nitrogens with one attached hydrogen (secondary N) is 4. The van der Waals surface area contributed by atoms with Crippen LogP contribution in [0.4, 0.5) is 0 Å². The van der Waals surface area contributed by atoms with Crippen molar-refractivity contribution in [2.24, 2.45) is 5.92 Å².